The molecular weight excluding hydrogens is 206 g/mol. The van der Waals surface area contributed by atoms with Crippen LogP contribution >= 0.6 is 0 Å². The van der Waals surface area contributed by atoms with Crippen molar-refractivity contribution in [2.24, 2.45) is 0 Å². The molecule has 0 fully saturated rings. The normalized spacial score (nSPS) is 13.2. The maximum absolute atomic E-state index is 11.4. The minimum Gasteiger partial charge on any atom is -0.444 e. The number of aromatic nitrogens is 2. The molecule has 0 saturated carbocycles. The molecule has 0 bridgehead atoms. The van der Waals surface area contributed by atoms with Gasteiger partial charge in [0.25, 0.3) is 0 Å². The molecule has 5 nitrogen and oxygen atoms in total. The number of ether oxygens (including phenoxy) is 1. The Labute approximate surface area is 95.8 Å². The topological polar surface area (TPSA) is 56.2 Å². The van der Waals surface area contributed by atoms with E-state index in [4.69, 9.17) is 4.74 Å². The van der Waals surface area contributed by atoms with Gasteiger partial charge in [0.15, 0.2) is 0 Å². The monoisotopic (exact) mass is 225 g/mol. The predicted molar refractivity (Wildman–Crippen MR) is 61.1 cm³/mol. The van der Waals surface area contributed by atoms with Crippen molar-refractivity contribution >= 4 is 6.09 Å². The number of rotatable bonds is 3. The third-order valence-corrected chi connectivity index (χ3v) is 1.78. The molecule has 0 aromatic carbocycles. The van der Waals surface area contributed by atoms with E-state index < -0.39 is 11.7 Å². The SMILES string of the molecule is C[C@H](Cn1cccn1)NC(=O)OC(C)(C)C. The molecule has 0 spiro atoms. The fourth-order valence-electron chi connectivity index (χ4n) is 1.24. The molecule has 1 N–H and O–H groups in total. The number of alkyl carbamates (subject to hydrolysis) is 1. The van der Waals surface area contributed by atoms with Crippen molar-refractivity contribution in [2.75, 3.05) is 0 Å². The summed E-state index contributed by atoms with van der Waals surface area (Å²) in [5.41, 5.74) is -0.463. The zero-order valence-electron chi connectivity index (χ0n) is 10.2. The Hall–Kier alpha value is -1.52. The third-order valence-electron chi connectivity index (χ3n) is 1.78. The van der Waals surface area contributed by atoms with Gasteiger partial charge in [-0.25, -0.2) is 4.79 Å². The van der Waals surface area contributed by atoms with Crippen molar-refractivity contribution in [2.45, 2.75) is 45.9 Å². The van der Waals surface area contributed by atoms with Crippen LogP contribution in [0.25, 0.3) is 0 Å². The summed E-state index contributed by atoms with van der Waals surface area (Å²) < 4.78 is 6.91. The third kappa shape index (κ3) is 4.82. The van der Waals surface area contributed by atoms with E-state index >= 15 is 0 Å². The lowest BCUT2D eigenvalue weighted by molar-refractivity contribution is 0.0503. The molecule has 0 aliphatic carbocycles. The molecule has 5 heteroatoms. The van der Waals surface area contributed by atoms with Crippen LogP contribution < -0.4 is 5.32 Å². The largest absolute Gasteiger partial charge is 0.444 e. The van der Waals surface area contributed by atoms with Crippen molar-refractivity contribution in [1.29, 1.82) is 0 Å². The standard InChI is InChI=1S/C11H19N3O2/c1-9(8-14-7-5-6-12-14)13-10(15)16-11(2,3)4/h5-7,9H,8H2,1-4H3,(H,13,15)/t9-/m1/s1. The summed E-state index contributed by atoms with van der Waals surface area (Å²) in [7, 11) is 0. The van der Waals surface area contributed by atoms with E-state index in [9.17, 15) is 4.79 Å². The van der Waals surface area contributed by atoms with Crippen molar-refractivity contribution in [3.8, 4) is 0 Å². The highest BCUT2D eigenvalue weighted by atomic mass is 16.6. The Balaban J connectivity index is 2.34. The van der Waals surface area contributed by atoms with Crippen LogP contribution in [0.4, 0.5) is 4.79 Å². The zero-order chi connectivity index (χ0) is 12.2. The van der Waals surface area contributed by atoms with Gasteiger partial charge in [0.05, 0.1) is 6.54 Å². The Kier molecular flexibility index (Phi) is 3.93. The zero-order valence-corrected chi connectivity index (χ0v) is 10.2. The van der Waals surface area contributed by atoms with E-state index in [1.807, 2.05) is 40.0 Å². The van der Waals surface area contributed by atoms with E-state index in [0.717, 1.165) is 0 Å². The van der Waals surface area contributed by atoms with Crippen LogP contribution in [0, 0.1) is 0 Å². The average molecular weight is 225 g/mol. The van der Waals surface area contributed by atoms with Gasteiger partial charge in [-0.3, -0.25) is 4.68 Å². The maximum atomic E-state index is 11.4. The van der Waals surface area contributed by atoms with Gasteiger partial charge in [0.1, 0.15) is 5.60 Å². The average Bonchev–Trinajstić information content (AvgIpc) is 2.51. The first-order valence-corrected chi connectivity index (χ1v) is 5.34. The van der Waals surface area contributed by atoms with Crippen LogP contribution in [0.15, 0.2) is 18.5 Å². The highest BCUT2D eigenvalue weighted by Gasteiger charge is 2.17. The summed E-state index contributed by atoms with van der Waals surface area (Å²) in [5.74, 6) is 0. The van der Waals surface area contributed by atoms with Gasteiger partial charge < -0.3 is 10.1 Å². The van der Waals surface area contributed by atoms with Gasteiger partial charge in [0, 0.05) is 18.4 Å². The van der Waals surface area contributed by atoms with Crippen LogP contribution in [0.3, 0.4) is 0 Å². The van der Waals surface area contributed by atoms with E-state index in [-0.39, 0.29) is 6.04 Å². The minimum absolute atomic E-state index is 0.0188. The van der Waals surface area contributed by atoms with Gasteiger partial charge in [0.2, 0.25) is 0 Å². The second kappa shape index (κ2) is 5.01. The first-order valence-electron chi connectivity index (χ1n) is 5.34. The number of amides is 1. The van der Waals surface area contributed by atoms with Crippen LogP contribution in [0.5, 0.6) is 0 Å². The number of nitrogens with zero attached hydrogens (tertiary/aromatic N) is 2. The fraction of sp³-hybridized carbons (Fsp3) is 0.636. The molecule has 0 saturated heterocycles. The summed E-state index contributed by atoms with van der Waals surface area (Å²) in [6.07, 6.45) is 3.17. The van der Waals surface area contributed by atoms with E-state index in [1.165, 1.54) is 0 Å². The quantitative estimate of drug-likeness (QED) is 0.853. The number of carbonyl (C=O) groups excluding carboxylic acids is 1. The Bertz CT molecular complexity index is 327. The number of hydrogen-bond donors (Lipinski definition) is 1. The number of nitrogens with one attached hydrogen (secondary N) is 1. The van der Waals surface area contributed by atoms with Gasteiger partial charge in [-0.15, -0.1) is 0 Å². The second-order valence-electron chi connectivity index (χ2n) is 4.78. The van der Waals surface area contributed by atoms with Crippen LogP contribution in [0.1, 0.15) is 27.7 Å². The van der Waals surface area contributed by atoms with E-state index in [1.54, 1.807) is 10.9 Å². The summed E-state index contributed by atoms with van der Waals surface area (Å²) in [5, 5.41) is 6.82. The molecule has 1 rings (SSSR count). The molecule has 16 heavy (non-hydrogen) atoms. The lowest BCUT2D eigenvalue weighted by Gasteiger charge is -2.21. The summed E-state index contributed by atoms with van der Waals surface area (Å²) >= 11 is 0. The number of hydrogen-bond acceptors (Lipinski definition) is 3. The van der Waals surface area contributed by atoms with Gasteiger partial charge in [-0.2, -0.15) is 5.10 Å². The molecule has 1 aromatic heterocycles. The Morgan fingerprint density at radius 3 is 2.75 bits per heavy atom. The smallest absolute Gasteiger partial charge is 0.407 e. The summed E-state index contributed by atoms with van der Waals surface area (Å²) in [4.78, 5) is 11.4. The second-order valence-corrected chi connectivity index (χ2v) is 4.78. The molecule has 90 valence electrons. The molecule has 0 aliphatic rings. The molecule has 1 atom stereocenters. The van der Waals surface area contributed by atoms with Crippen LogP contribution in [-0.2, 0) is 11.3 Å². The lowest BCUT2D eigenvalue weighted by Crippen LogP contribution is -2.39. The first-order chi connectivity index (χ1) is 7.37. The van der Waals surface area contributed by atoms with Gasteiger partial charge >= 0.3 is 6.09 Å². The van der Waals surface area contributed by atoms with E-state index in [0.29, 0.717) is 6.54 Å². The van der Waals surface area contributed by atoms with Crippen molar-refractivity contribution < 1.29 is 9.53 Å². The molecule has 1 amide bonds. The van der Waals surface area contributed by atoms with E-state index in [2.05, 4.69) is 10.4 Å². The minimum atomic E-state index is -0.463. The predicted octanol–water partition coefficient (Wildman–Crippen LogP) is 1.80. The molecule has 0 radical (unpaired) electrons. The van der Waals surface area contributed by atoms with Crippen LogP contribution in [0.2, 0.25) is 0 Å². The van der Waals surface area contributed by atoms with Crippen molar-refractivity contribution in [3.05, 3.63) is 18.5 Å². The van der Waals surface area contributed by atoms with Crippen LogP contribution in [-0.4, -0.2) is 27.5 Å². The molecule has 0 unspecified atom stereocenters. The number of carbonyl (C=O) groups is 1. The molecule has 1 heterocycles. The summed E-state index contributed by atoms with van der Waals surface area (Å²) in [6, 6.07) is 1.83. The highest BCUT2D eigenvalue weighted by Crippen LogP contribution is 2.06. The molecule has 0 aliphatic heterocycles. The lowest BCUT2D eigenvalue weighted by atomic mass is 10.2. The Morgan fingerprint density at radius 1 is 1.56 bits per heavy atom. The van der Waals surface area contributed by atoms with Gasteiger partial charge in [-0.1, -0.05) is 0 Å². The van der Waals surface area contributed by atoms with Gasteiger partial charge in [-0.05, 0) is 33.8 Å². The van der Waals surface area contributed by atoms with Crippen molar-refractivity contribution in [1.82, 2.24) is 15.1 Å². The fourth-order valence-corrected chi connectivity index (χ4v) is 1.24. The maximum Gasteiger partial charge on any atom is 0.407 e. The first kappa shape index (κ1) is 12.5. The molecule has 1 aromatic rings. The Morgan fingerprint density at radius 2 is 2.25 bits per heavy atom. The van der Waals surface area contributed by atoms with Crippen molar-refractivity contribution in [3.63, 3.8) is 0 Å². The summed E-state index contributed by atoms with van der Waals surface area (Å²) in [6.45, 7) is 8.05. The highest BCUT2D eigenvalue weighted by molar-refractivity contribution is 5.67. The molecular formula is C11H19N3O2.